The smallest absolute Gasteiger partial charge is 0.358 e. The van der Waals surface area contributed by atoms with E-state index < -0.39 is 27.7 Å². The lowest BCUT2D eigenvalue weighted by atomic mass is 10.1. The number of non-ortho nitro benzene ring substituents is 1. The van der Waals surface area contributed by atoms with Crippen molar-refractivity contribution < 1.29 is 19.2 Å². The molecule has 0 aliphatic carbocycles. The number of epoxide rings is 1. The number of benzene rings is 1. The molecule has 2 rings (SSSR count). The van der Waals surface area contributed by atoms with Crippen molar-refractivity contribution in [2.24, 2.45) is 0 Å². The fourth-order valence-electron chi connectivity index (χ4n) is 1.69. The number of carbonyl (C=O) groups is 1. The fraction of sp³-hybridized carbons (Fsp3) is 0.462. The van der Waals surface area contributed by atoms with Crippen LogP contribution >= 0.6 is 11.6 Å². The van der Waals surface area contributed by atoms with Crippen molar-refractivity contribution in [3.05, 3.63) is 39.9 Å². The summed E-state index contributed by atoms with van der Waals surface area (Å²) in [6.45, 7) is 5.19. The summed E-state index contributed by atoms with van der Waals surface area (Å²) >= 11 is 6.07. The topological polar surface area (TPSA) is 82.0 Å². The normalized spacial score (nSPS) is 25.1. The molecule has 1 aliphatic rings. The van der Waals surface area contributed by atoms with Crippen molar-refractivity contribution in [1.82, 2.24) is 0 Å². The van der Waals surface area contributed by atoms with Crippen LogP contribution in [0.5, 0.6) is 0 Å². The summed E-state index contributed by atoms with van der Waals surface area (Å²) in [7, 11) is 0. The van der Waals surface area contributed by atoms with E-state index in [1.807, 2.05) is 0 Å². The van der Waals surface area contributed by atoms with E-state index in [1.165, 1.54) is 24.3 Å². The van der Waals surface area contributed by atoms with Gasteiger partial charge in [0.25, 0.3) is 10.7 Å². The van der Waals surface area contributed by atoms with Gasteiger partial charge in [-0.15, -0.1) is 0 Å². The number of nitro groups is 1. The summed E-state index contributed by atoms with van der Waals surface area (Å²) < 4.78 is 10.4. The minimum atomic E-state index is -1.54. The van der Waals surface area contributed by atoms with Gasteiger partial charge >= 0.3 is 5.97 Å². The maximum Gasteiger partial charge on any atom is 0.358 e. The van der Waals surface area contributed by atoms with Gasteiger partial charge in [-0.25, -0.2) is 4.79 Å². The molecule has 0 saturated carbocycles. The molecule has 108 valence electrons. The van der Waals surface area contributed by atoms with Crippen molar-refractivity contribution in [2.45, 2.75) is 37.5 Å². The molecule has 6 nitrogen and oxygen atoms in total. The highest BCUT2D eigenvalue weighted by Gasteiger charge is 2.64. The van der Waals surface area contributed by atoms with E-state index in [-0.39, 0.29) is 5.69 Å². The van der Waals surface area contributed by atoms with Crippen LogP contribution in [0.25, 0.3) is 0 Å². The predicted molar refractivity (Wildman–Crippen MR) is 71.4 cm³/mol. The highest BCUT2D eigenvalue weighted by molar-refractivity contribution is 6.35. The number of rotatable bonds is 3. The number of alkyl halides is 1. The third-order valence-corrected chi connectivity index (χ3v) is 3.09. The number of halogens is 1. The number of ether oxygens (including phenoxy) is 2. The summed E-state index contributed by atoms with van der Waals surface area (Å²) in [6.07, 6.45) is -0.653. The summed E-state index contributed by atoms with van der Waals surface area (Å²) in [4.78, 5) is 22.0. The standard InChI is InChI=1S/C13H14ClNO5/c1-12(2,3)20-11(16)13(14)10(19-13)8-4-6-9(7-5-8)15(17)18/h4-7,10H,1-3H3. The minimum absolute atomic E-state index is 0.0353. The van der Waals surface area contributed by atoms with Gasteiger partial charge < -0.3 is 9.47 Å². The number of carbonyl (C=O) groups excluding carboxylic acids is 1. The number of nitrogens with zero attached hydrogens (tertiary/aromatic N) is 1. The van der Waals surface area contributed by atoms with Crippen LogP contribution in [-0.2, 0) is 14.3 Å². The molecule has 2 atom stereocenters. The Labute approximate surface area is 120 Å². The van der Waals surface area contributed by atoms with Crippen LogP contribution in [0.1, 0.15) is 32.4 Å². The third-order valence-electron chi connectivity index (χ3n) is 2.65. The number of hydrogen-bond acceptors (Lipinski definition) is 5. The van der Waals surface area contributed by atoms with Crippen LogP contribution in [0, 0.1) is 10.1 Å². The largest absolute Gasteiger partial charge is 0.457 e. The number of nitro benzene ring substituents is 1. The zero-order valence-electron chi connectivity index (χ0n) is 11.3. The highest BCUT2D eigenvalue weighted by Crippen LogP contribution is 2.54. The molecular weight excluding hydrogens is 286 g/mol. The number of esters is 1. The highest BCUT2D eigenvalue weighted by atomic mass is 35.5. The first-order valence-corrected chi connectivity index (χ1v) is 6.36. The molecule has 0 amide bonds. The van der Waals surface area contributed by atoms with Crippen molar-refractivity contribution in [3.63, 3.8) is 0 Å². The van der Waals surface area contributed by atoms with Crippen LogP contribution in [0.4, 0.5) is 5.69 Å². The van der Waals surface area contributed by atoms with Crippen LogP contribution in [0.2, 0.25) is 0 Å². The molecular formula is C13H14ClNO5. The van der Waals surface area contributed by atoms with E-state index in [4.69, 9.17) is 21.1 Å². The summed E-state index contributed by atoms with van der Waals surface area (Å²) in [6, 6.07) is 5.70. The second-order valence-corrected chi connectivity index (χ2v) is 6.05. The Hall–Kier alpha value is -1.66. The van der Waals surface area contributed by atoms with E-state index in [1.54, 1.807) is 20.8 Å². The van der Waals surface area contributed by atoms with Gasteiger partial charge in [-0.3, -0.25) is 10.1 Å². The molecule has 1 aromatic rings. The lowest BCUT2D eigenvalue weighted by Gasteiger charge is -2.20. The Kier molecular flexibility index (Phi) is 3.47. The van der Waals surface area contributed by atoms with E-state index in [0.29, 0.717) is 5.56 Å². The van der Waals surface area contributed by atoms with Gasteiger partial charge in [0.1, 0.15) is 11.7 Å². The molecule has 1 fully saturated rings. The SMILES string of the molecule is CC(C)(C)OC(=O)C1(Cl)OC1c1ccc([N+](=O)[O-])cc1. The second-order valence-electron chi connectivity index (χ2n) is 5.49. The Morgan fingerprint density at radius 2 is 1.95 bits per heavy atom. The monoisotopic (exact) mass is 299 g/mol. The van der Waals surface area contributed by atoms with Gasteiger partial charge in [-0.1, -0.05) is 11.6 Å². The van der Waals surface area contributed by atoms with Crippen molar-refractivity contribution in [1.29, 1.82) is 0 Å². The van der Waals surface area contributed by atoms with E-state index in [2.05, 4.69) is 0 Å². The molecule has 20 heavy (non-hydrogen) atoms. The first-order valence-electron chi connectivity index (χ1n) is 5.98. The average Bonchev–Trinajstić information content (AvgIpc) is 3.01. The van der Waals surface area contributed by atoms with Crippen LogP contribution in [-0.4, -0.2) is 21.6 Å². The average molecular weight is 300 g/mol. The van der Waals surface area contributed by atoms with Gasteiger partial charge in [-0.2, -0.15) is 0 Å². The fourth-order valence-corrected chi connectivity index (χ4v) is 1.95. The van der Waals surface area contributed by atoms with Crippen LogP contribution < -0.4 is 0 Å². The molecule has 0 aromatic heterocycles. The molecule has 0 spiro atoms. The molecule has 1 saturated heterocycles. The van der Waals surface area contributed by atoms with E-state index in [0.717, 1.165) is 0 Å². The first-order chi connectivity index (χ1) is 9.13. The van der Waals surface area contributed by atoms with Gasteiger partial charge in [-0.05, 0) is 38.5 Å². The Morgan fingerprint density at radius 3 is 2.40 bits per heavy atom. The van der Waals surface area contributed by atoms with Gasteiger partial charge in [0, 0.05) is 12.1 Å². The van der Waals surface area contributed by atoms with Crippen molar-refractivity contribution in [3.8, 4) is 0 Å². The lowest BCUT2D eigenvalue weighted by Crippen LogP contribution is -2.31. The Bertz CT molecular complexity index is 551. The molecule has 1 aromatic carbocycles. The predicted octanol–water partition coefficient (Wildman–Crippen LogP) is 2.94. The molecule has 0 N–H and O–H groups in total. The summed E-state index contributed by atoms with van der Waals surface area (Å²) in [5.74, 6) is -0.657. The number of hydrogen-bond donors (Lipinski definition) is 0. The lowest BCUT2D eigenvalue weighted by molar-refractivity contribution is -0.384. The first kappa shape index (κ1) is 14.7. The van der Waals surface area contributed by atoms with Crippen molar-refractivity contribution >= 4 is 23.3 Å². The zero-order valence-corrected chi connectivity index (χ0v) is 12.0. The molecule has 1 heterocycles. The Balaban J connectivity index is 2.10. The minimum Gasteiger partial charge on any atom is -0.457 e. The second kappa shape index (κ2) is 4.71. The van der Waals surface area contributed by atoms with Crippen molar-refractivity contribution in [2.75, 3.05) is 0 Å². The zero-order chi connectivity index (χ0) is 15.1. The summed E-state index contributed by atoms with van der Waals surface area (Å²) in [5, 5.41) is 9.03. The summed E-state index contributed by atoms with van der Waals surface area (Å²) in [5.41, 5.74) is -0.103. The maximum atomic E-state index is 11.9. The molecule has 0 bridgehead atoms. The van der Waals surface area contributed by atoms with E-state index >= 15 is 0 Å². The van der Waals surface area contributed by atoms with Crippen LogP contribution in [0.15, 0.2) is 24.3 Å². The molecule has 7 heteroatoms. The molecule has 0 radical (unpaired) electrons. The van der Waals surface area contributed by atoms with Gasteiger partial charge in [0.15, 0.2) is 0 Å². The van der Waals surface area contributed by atoms with Gasteiger partial charge in [0.05, 0.1) is 4.92 Å². The van der Waals surface area contributed by atoms with Gasteiger partial charge in [0.2, 0.25) is 0 Å². The third kappa shape index (κ3) is 2.91. The van der Waals surface area contributed by atoms with Crippen LogP contribution in [0.3, 0.4) is 0 Å². The van der Waals surface area contributed by atoms with E-state index in [9.17, 15) is 14.9 Å². The maximum absolute atomic E-state index is 11.9. The quantitative estimate of drug-likeness (QED) is 0.282. The Morgan fingerprint density at radius 1 is 1.40 bits per heavy atom. The molecule has 1 aliphatic heterocycles. The molecule has 2 unspecified atom stereocenters.